The van der Waals surface area contributed by atoms with E-state index in [0.717, 1.165) is 0 Å². The number of hydrogen-bond donors (Lipinski definition) is 3. The zero-order valence-corrected chi connectivity index (χ0v) is 8.88. The summed E-state index contributed by atoms with van der Waals surface area (Å²) in [6, 6.07) is 3.20. The maximum absolute atomic E-state index is 10.7. The summed E-state index contributed by atoms with van der Waals surface area (Å²) in [5.74, 6) is 0.695. The predicted molar refractivity (Wildman–Crippen MR) is 57.1 cm³/mol. The van der Waals surface area contributed by atoms with Gasteiger partial charge >= 0.3 is 0 Å². The molecule has 1 heterocycles. The van der Waals surface area contributed by atoms with Gasteiger partial charge in [0.15, 0.2) is 0 Å². The Labute approximate surface area is 92.9 Å². The minimum atomic E-state index is -0.907. The molecule has 0 radical (unpaired) electrons. The van der Waals surface area contributed by atoms with Gasteiger partial charge in [-0.2, -0.15) is 0 Å². The van der Waals surface area contributed by atoms with E-state index < -0.39 is 6.10 Å². The summed E-state index contributed by atoms with van der Waals surface area (Å²) in [4.78, 5) is 14.6. The number of aliphatic hydroxyl groups excluding tert-OH is 2. The number of rotatable bonds is 5. The van der Waals surface area contributed by atoms with E-state index >= 15 is 0 Å². The third-order valence-corrected chi connectivity index (χ3v) is 1.69. The van der Waals surface area contributed by atoms with E-state index in [1.807, 2.05) is 0 Å². The van der Waals surface area contributed by atoms with E-state index in [1.165, 1.54) is 13.1 Å². The Bertz CT molecular complexity index is 339. The highest BCUT2D eigenvalue weighted by molar-refractivity contribution is 5.87. The third kappa shape index (κ3) is 4.24. The number of pyridine rings is 1. The van der Waals surface area contributed by atoms with Crippen molar-refractivity contribution in [2.24, 2.45) is 0 Å². The maximum Gasteiger partial charge on any atom is 0.222 e. The van der Waals surface area contributed by atoms with Gasteiger partial charge in [-0.05, 0) is 12.1 Å². The second-order valence-corrected chi connectivity index (χ2v) is 3.21. The largest absolute Gasteiger partial charge is 0.489 e. The van der Waals surface area contributed by atoms with Crippen molar-refractivity contribution >= 4 is 11.7 Å². The molecule has 6 nitrogen and oxygen atoms in total. The first-order valence-corrected chi connectivity index (χ1v) is 4.77. The van der Waals surface area contributed by atoms with Crippen LogP contribution >= 0.6 is 0 Å². The molecule has 0 aliphatic carbocycles. The van der Waals surface area contributed by atoms with Gasteiger partial charge in [-0.15, -0.1) is 0 Å². The smallest absolute Gasteiger partial charge is 0.222 e. The van der Waals surface area contributed by atoms with Crippen LogP contribution in [-0.2, 0) is 4.79 Å². The molecule has 1 rings (SSSR count). The van der Waals surface area contributed by atoms with Crippen LogP contribution in [0.5, 0.6) is 5.75 Å². The molecule has 1 atom stereocenters. The molecule has 3 N–H and O–H groups in total. The monoisotopic (exact) mass is 226 g/mol. The summed E-state index contributed by atoms with van der Waals surface area (Å²) in [6.07, 6.45) is 0.519. The van der Waals surface area contributed by atoms with Gasteiger partial charge in [0.1, 0.15) is 24.3 Å². The zero-order chi connectivity index (χ0) is 12.0. The Morgan fingerprint density at radius 1 is 1.62 bits per heavy atom. The Kier molecular flexibility index (Phi) is 4.68. The van der Waals surface area contributed by atoms with Crippen LogP contribution in [0, 0.1) is 0 Å². The summed E-state index contributed by atoms with van der Waals surface area (Å²) < 4.78 is 5.13. The standard InChI is InChI=1S/C10H14N2O4/c1-7(14)12-10-3-2-9(4-11-10)16-6-8(15)5-13/h2-4,8,13,15H,5-6H2,1H3,(H,11,12,14)/t8-/m1/s1. The van der Waals surface area contributed by atoms with Gasteiger partial charge in [0.2, 0.25) is 5.91 Å². The van der Waals surface area contributed by atoms with Crippen molar-refractivity contribution in [3.8, 4) is 5.75 Å². The number of aliphatic hydroxyl groups is 2. The number of nitrogens with zero attached hydrogens (tertiary/aromatic N) is 1. The number of carbonyl (C=O) groups excluding carboxylic acids is 1. The third-order valence-electron chi connectivity index (χ3n) is 1.69. The summed E-state index contributed by atoms with van der Waals surface area (Å²) in [6.45, 7) is 1.04. The lowest BCUT2D eigenvalue weighted by Crippen LogP contribution is -2.21. The number of aromatic nitrogens is 1. The second kappa shape index (κ2) is 6.04. The van der Waals surface area contributed by atoms with Crippen molar-refractivity contribution < 1.29 is 19.7 Å². The SMILES string of the molecule is CC(=O)Nc1ccc(OC[C@H](O)CO)cn1. The highest BCUT2D eigenvalue weighted by Gasteiger charge is 2.03. The average Bonchev–Trinajstić information content (AvgIpc) is 2.27. The highest BCUT2D eigenvalue weighted by atomic mass is 16.5. The summed E-state index contributed by atoms with van der Waals surface area (Å²) in [5.41, 5.74) is 0. The van der Waals surface area contributed by atoms with Crippen molar-refractivity contribution in [3.63, 3.8) is 0 Å². The summed E-state index contributed by atoms with van der Waals surface area (Å²) in [5, 5.41) is 20.1. The fourth-order valence-corrected chi connectivity index (χ4v) is 0.965. The fraction of sp³-hybridized carbons (Fsp3) is 0.400. The molecule has 0 aromatic carbocycles. The van der Waals surface area contributed by atoms with E-state index in [-0.39, 0.29) is 19.1 Å². The summed E-state index contributed by atoms with van der Waals surface area (Å²) >= 11 is 0. The normalized spacial score (nSPS) is 11.9. The molecule has 1 aromatic rings. The fourth-order valence-electron chi connectivity index (χ4n) is 0.965. The number of hydrogen-bond acceptors (Lipinski definition) is 5. The van der Waals surface area contributed by atoms with Crippen LogP contribution in [0.3, 0.4) is 0 Å². The lowest BCUT2D eigenvalue weighted by atomic mass is 10.4. The number of carbonyl (C=O) groups is 1. The molecule has 0 saturated carbocycles. The van der Waals surface area contributed by atoms with Crippen molar-refractivity contribution in [2.45, 2.75) is 13.0 Å². The van der Waals surface area contributed by atoms with Crippen LogP contribution in [0.2, 0.25) is 0 Å². The van der Waals surface area contributed by atoms with Gasteiger partial charge in [-0.3, -0.25) is 4.79 Å². The first kappa shape index (κ1) is 12.4. The number of ether oxygens (including phenoxy) is 1. The van der Waals surface area contributed by atoms with E-state index in [9.17, 15) is 4.79 Å². The van der Waals surface area contributed by atoms with Crippen LogP contribution in [0.15, 0.2) is 18.3 Å². The predicted octanol–water partition coefficient (Wildman–Crippen LogP) is -0.228. The Morgan fingerprint density at radius 3 is 2.88 bits per heavy atom. The molecule has 16 heavy (non-hydrogen) atoms. The molecular formula is C10H14N2O4. The van der Waals surface area contributed by atoms with Crippen molar-refractivity contribution in [3.05, 3.63) is 18.3 Å². The highest BCUT2D eigenvalue weighted by Crippen LogP contribution is 2.12. The van der Waals surface area contributed by atoms with Crippen LogP contribution in [-0.4, -0.2) is 40.4 Å². The number of anilines is 1. The molecule has 88 valence electrons. The molecule has 0 aliphatic heterocycles. The molecule has 0 bridgehead atoms. The number of amides is 1. The first-order valence-electron chi connectivity index (χ1n) is 4.77. The number of nitrogens with one attached hydrogen (secondary N) is 1. The van der Waals surface area contributed by atoms with Gasteiger partial charge in [-0.25, -0.2) is 4.98 Å². The lowest BCUT2D eigenvalue weighted by molar-refractivity contribution is -0.114. The van der Waals surface area contributed by atoms with Gasteiger partial charge in [0.05, 0.1) is 12.8 Å². The molecule has 0 unspecified atom stereocenters. The quantitative estimate of drug-likeness (QED) is 0.645. The Morgan fingerprint density at radius 2 is 2.38 bits per heavy atom. The van der Waals surface area contributed by atoms with Crippen molar-refractivity contribution in [1.29, 1.82) is 0 Å². The Balaban J connectivity index is 2.48. The molecule has 0 fully saturated rings. The minimum absolute atomic E-state index is 0.00232. The second-order valence-electron chi connectivity index (χ2n) is 3.21. The minimum Gasteiger partial charge on any atom is -0.489 e. The Hall–Kier alpha value is -1.66. The van der Waals surface area contributed by atoms with E-state index in [4.69, 9.17) is 14.9 Å². The van der Waals surface area contributed by atoms with Crippen molar-refractivity contribution in [1.82, 2.24) is 4.98 Å². The molecule has 0 saturated heterocycles. The molecule has 6 heteroatoms. The summed E-state index contributed by atoms with van der Waals surface area (Å²) in [7, 11) is 0. The lowest BCUT2D eigenvalue weighted by Gasteiger charge is -2.09. The molecule has 0 aliphatic rings. The van der Waals surface area contributed by atoms with Crippen molar-refractivity contribution in [2.75, 3.05) is 18.5 Å². The van der Waals surface area contributed by atoms with Crippen LogP contribution in [0.25, 0.3) is 0 Å². The molecular weight excluding hydrogens is 212 g/mol. The van der Waals surface area contributed by atoms with E-state index in [1.54, 1.807) is 12.1 Å². The first-order chi connectivity index (χ1) is 7.61. The van der Waals surface area contributed by atoms with Crippen LogP contribution < -0.4 is 10.1 Å². The van der Waals surface area contributed by atoms with E-state index in [0.29, 0.717) is 11.6 Å². The van der Waals surface area contributed by atoms with Crippen LogP contribution in [0.4, 0.5) is 5.82 Å². The van der Waals surface area contributed by atoms with Gasteiger partial charge < -0.3 is 20.3 Å². The van der Waals surface area contributed by atoms with Gasteiger partial charge in [0.25, 0.3) is 0 Å². The molecule has 1 aromatic heterocycles. The zero-order valence-electron chi connectivity index (χ0n) is 8.88. The average molecular weight is 226 g/mol. The van der Waals surface area contributed by atoms with Gasteiger partial charge in [-0.1, -0.05) is 0 Å². The molecule has 1 amide bonds. The van der Waals surface area contributed by atoms with Gasteiger partial charge in [0, 0.05) is 6.92 Å². The topological polar surface area (TPSA) is 91.7 Å². The molecule has 0 spiro atoms. The van der Waals surface area contributed by atoms with E-state index in [2.05, 4.69) is 10.3 Å². The maximum atomic E-state index is 10.7. The van der Waals surface area contributed by atoms with Crippen LogP contribution in [0.1, 0.15) is 6.92 Å².